The average Bonchev–Trinajstić information content (AvgIpc) is 3.73. The topological polar surface area (TPSA) is 79.0 Å². The van der Waals surface area contributed by atoms with Crippen molar-refractivity contribution in [1.82, 2.24) is 9.80 Å². The number of benzene rings is 1. The molecule has 6 nitrogen and oxygen atoms in total. The molecule has 35 heavy (non-hydrogen) atoms. The first-order valence-electron chi connectivity index (χ1n) is 12.8. The van der Waals surface area contributed by atoms with E-state index in [2.05, 4.69) is 0 Å². The number of nitrogens with zero attached hydrogens (tertiary/aromatic N) is 3. The molecular formula is C28H33FN4O2. The number of allylic oxidation sites excluding steroid dienone is 3. The van der Waals surface area contributed by atoms with Crippen molar-refractivity contribution in [3.8, 4) is 0 Å². The van der Waals surface area contributed by atoms with Crippen molar-refractivity contribution in [2.24, 2.45) is 22.1 Å². The van der Waals surface area contributed by atoms with Gasteiger partial charge in [-0.15, -0.1) is 0 Å². The van der Waals surface area contributed by atoms with E-state index in [1.54, 1.807) is 0 Å². The molecule has 6 rings (SSSR count). The lowest BCUT2D eigenvalue weighted by atomic mass is 9.87. The fourth-order valence-electron chi connectivity index (χ4n) is 5.72. The van der Waals surface area contributed by atoms with Gasteiger partial charge in [-0.3, -0.25) is 19.5 Å². The third-order valence-corrected chi connectivity index (χ3v) is 8.54. The van der Waals surface area contributed by atoms with E-state index >= 15 is 0 Å². The van der Waals surface area contributed by atoms with Gasteiger partial charge in [-0.25, -0.2) is 4.39 Å². The molecule has 5 aliphatic rings. The highest BCUT2D eigenvalue weighted by atomic mass is 19.1. The number of rotatable bonds is 6. The summed E-state index contributed by atoms with van der Waals surface area (Å²) < 4.78 is 14.7. The molecular weight excluding hydrogens is 443 g/mol. The number of nitrogens with two attached hydrogens (primary N) is 1. The smallest absolute Gasteiger partial charge is 0.256 e. The van der Waals surface area contributed by atoms with E-state index in [-0.39, 0.29) is 29.0 Å². The zero-order chi connectivity index (χ0) is 24.5. The molecule has 2 N–H and O–H groups in total. The van der Waals surface area contributed by atoms with Crippen LogP contribution in [0.25, 0.3) is 5.57 Å². The summed E-state index contributed by atoms with van der Waals surface area (Å²) in [5.74, 6) is 1.23. The van der Waals surface area contributed by atoms with Gasteiger partial charge in [0.15, 0.2) is 0 Å². The minimum absolute atomic E-state index is 0.116. The fourth-order valence-corrected chi connectivity index (χ4v) is 5.72. The molecule has 1 aromatic carbocycles. The summed E-state index contributed by atoms with van der Waals surface area (Å²) in [5, 5.41) is 0. The van der Waals surface area contributed by atoms with Crippen LogP contribution >= 0.6 is 0 Å². The van der Waals surface area contributed by atoms with E-state index in [9.17, 15) is 14.0 Å². The summed E-state index contributed by atoms with van der Waals surface area (Å²) in [6.45, 7) is 6.45. The molecule has 1 saturated heterocycles. The van der Waals surface area contributed by atoms with Crippen LogP contribution in [0.4, 0.5) is 4.39 Å². The average molecular weight is 477 g/mol. The fraction of sp³-hybridized carbons (Fsp3) is 0.536. The molecule has 184 valence electrons. The predicted molar refractivity (Wildman–Crippen MR) is 133 cm³/mol. The van der Waals surface area contributed by atoms with Crippen LogP contribution in [0.1, 0.15) is 63.5 Å². The number of amides is 2. The second-order valence-corrected chi connectivity index (χ2v) is 11.4. The Morgan fingerprint density at radius 3 is 2.54 bits per heavy atom. The Kier molecular flexibility index (Phi) is 5.08. The molecule has 0 radical (unpaired) electrons. The molecule has 2 aliphatic heterocycles. The van der Waals surface area contributed by atoms with Crippen molar-refractivity contribution in [2.75, 3.05) is 19.6 Å². The zero-order valence-electron chi connectivity index (χ0n) is 20.6. The Bertz CT molecular complexity index is 1220. The minimum atomic E-state index is -0.558. The number of aliphatic imine (C=N–C) groups is 1. The quantitative estimate of drug-likeness (QED) is 0.678. The van der Waals surface area contributed by atoms with Crippen LogP contribution < -0.4 is 5.73 Å². The van der Waals surface area contributed by atoms with Gasteiger partial charge < -0.3 is 10.6 Å². The van der Waals surface area contributed by atoms with Gasteiger partial charge in [-0.05, 0) is 73.8 Å². The highest BCUT2D eigenvalue weighted by Crippen LogP contribution is 2.49. The van der Waals surface area contributed by atoms with E-state index in [1.807, 2.05) is 41.9 Å². The van der Waals surface area contributed by atoms with E-state index in [0.717, 1.165) is 73.3 Å². The van der Waals surface area contributed by atoms with Crippen LogP contribution in [0.5, 0.6) is 0 Å². The van der Waals surface area contributed by atoms with Crippen LogP contribution in [-0.2, 0) is 16.1 Å². The first-order chi connectivity index (χ1) is 16.7. The number of likely N-dealkylation sites (tertiary alicyclic amines) is 1. The largest absolute Gasteiger partial charge is 0.341 e. The van der Waals surface area contributed by atoms with E-state index in [4.69, 9.17) is 10.7 Å². The lowest BCUT2D eigenvalue weighted by Gasteiger charge is -2.42. The number of hydrogen-bond acceptors (Lipinski definition) is 4. The van der Waals surface area contributed by atoms with Crippen molar-refractivity contribution in [1.29, 1.82) is 0 Å². The van der Waals surface area contributed by atoms with Gasteiger partial charge >= 0.3 is 0 Å². The number of amidine groups is 1. The minimum Gasteiger partial charge on any atom is -0.341 e. The van der Waals surface area contributed by atoms with Crippen LogP contribution in [0.15, 0.2) is 40.4 Å². The van der Waals surface area contributed by atoms with E-state index < -0.39 is 5.54 Å². The molecule has 2 heterocycles. The highest BCUT2D eigenvalue weighted by molar-refractivity contribution is 6.17. The molecule has 0 aromatic heterocycles. The number of hydrogen-bond donors (Lipinski definition) is 1. The normalized spacial score (nSPS) is 24.5. The molecule has 0 unspecified atom stereocenters. The lowest BCUT2D eigenvalue weighted by molar-refractivity contribution is -0.143. The summed E-state index contributed by atoms with van der Waals surface area (Å²) in [7, 11) is 0. The number of carbonyl (C=O) groups excluding carboxylic acids is 2. The van der Waals surface area contributed by atoms with Crippen LogP contribution in [0.2, 0.25) is 0 Å². The Morgan fingerprint density at radius 2 is 1.94 bits per heavy atom. The van der Waals surface area contributed by atoms with Crippen molar-refractivity contribution in [3.05, 3.63) is 52.4 Å². The van der Waals surface area contributed by atoms with Gasteiger partial charge in [0.2, 0.25) is 5.91 Å². The van der Waals surface area contributed by atoms with Crippen molar-refractivity contribution in [3.63, 3.8) is 0 Å². The molecule has 7 heteroatoms. The molecule has 3 fully saturated rings. The summed E-state index contributed by atoms with van der Waals surface area (Å²) >= 11 is 0. The maximum absolute atomic E-state index is 14.7. The predicted octanol–water partition coefficient (Wildman–Crippen LogP) is 3.81. The van der Waals surface area contributed by atoms with Crippen molar-refractivity contribution < 1.29 is 14.0 Å². The third kappa shape index (κ3) is 3.75. The van der Waals surface area contributed by atoms with Crippen LogP contribution in [0.3, 0.4) is 0 Å². The second kappa shape index (κ2) is 7.85. The highest BCUT2D eigenvalue weighted by Gasteiger charge is 2.58. The first-order valence-corrected chi connectivity index (χ1v) is 12.8. The van der Waals surface area contributed by atoms with Gasteiger partial charge in [-0.1, -0.05) is 25.1 Å². The second-order valence-electron chi connectivity index (χ2n) is 11.4. The van der Waals surface area contributed by atoms with Crippen molar-refractivity contribution >= 4 is 23.2 Å². The van der Waals surface area contributed by atoms with Gasteiger partial charge in [0.25, 0.3) is 5.91 Å². The Labute approximate surface area is 205 Å². The number of halogens is 1. The number of carbonyl (C=O) groups is 2. The van der Waals surface area contributed by atoms with Gasteiger partial charge in [0.1, 0.15) is 17.2 Å². The Morgan fingerprint density at radius 1 is 1.20 bits per heavy atom. The Balaban J connectivity index is 1.21. The monoisotopic (exact) mass is 476 g/mol. The summed E-state index contributed by atoms with van der Waals surface area (Å²) in [6, 6.07) is 5.21. The zero-order valence-corrected chi connectivity index (χ0v) is 20.6. The SMILES string of the molecule is CC1=C(C2=NC3(CC3)C(=O)N2CC2CN(C(=O)C3(C)CC3)C2)CCC(c2ccc(CN)cc2F)=C1. The van der Waals surface area contributed by atoms with Crippen LogP contribution in [-0.4, -0.2) is 52.6 Å². The maximum atomic E-state index is 14.7. The standard InChI is InChI=1S/C28H33FN4O2/c1-17-11-20(22-5-3-18(13-30)12-23(22)29)4-6-21(17)24-31-28(9-10-28)26(35)33(24)16-19-14-32(15-19)25(34)27(2)7-8-27/h3,5,11-12,19H,4,6-10,13-16,30H2,1-2H3. The van der Waals surface area contributed by atoms with Crippen molar-refractivity contribution in [2.45, 2.75) is 64.5 Å². The third-order valence-electron chi connectivity index (χ3n) is 8.54. The molecule has 1 spiro atoms. The molecule has 1 aromatic rings. The molecule has 0 atom stereocenters. The van der Waals surface area contributed by atoms with E-state index in [0.29, 0.717) is 25.1 Å². The Hall–Kier alpha value is -2.80. The summed E-state index contributed by atoms with van der Waals surface area (Å²) in [5.41, 5.74) is 9.43. The summed E-state index contributed by atoms with van der Waals surface area (Å²) in [4.78, 5) is 34.7. The van der Waals surface area contributed by atoms with Gasteiger partial charge in [-0.2, -0.15) is 0 Å². The van der Waals surface area contributed by atoms with E-state index in [1.165, 1.54) is 6.07 Å². The molecule has 2 amide bonds. The van der Waals surface area contributed by atoms with Gasteiger partial charge in [0, 0.05) is 43.1 Å². The molecule has 2 saturated carbocycles. The first kappa shape index (κ1) is 22.7. The maximum Gasteiger partial charge on any atom is 0.256 e. The summed E-state index contributed by atoms with van der Waals surface area (Å²) in [6.07, 6.45) is 7.06. The lowest BCUT2D eigenvalue weighted by Crippen LogP contribution is -2.56. The molecule has 0 bridgehead atoms. The van der Waals surface area contributed by atoms with Crippen LogP contribution in [0, 0.1) is 17.2 Å². The van der Waals surface area contributed by atoms with Gasteiger partial charge in [0.05, 0.1) is 0 Å². The molecule has 3 aliphatic carbocycles.